The van der Waals surface area contributed by atoms with E-state index in [0.717, 1.165) is 18.4 Å². The van der Waals surface area contributed by atoms with Crippen molar-refractivity contribution in [2.24, 2.45) is 0 Å². The molecule has 0 atom stereocenters. The standard InChI is InChI=1S/C12H15NO/c1-9-3-2-4-10(7-9)8-12(14)13-11-5-6-11/h2-4,7,11H,5-6,8H2,1H3,(H,13,14). The molecular formula is C12H15NO. The fourth-order valence-corrected chi connectivity index (χ4v) is 1.51. The van der Waals surface area contributed by atoms with Crippen molar-refractivity contribution < 1.29 is 4.79 Å². The van der Waals surface area contributed by atoms with E-state index in [1.54, 1.807) is 0 Å². The third kappa shape index (κ3) is 2.59. The van der Waals surface area contributed by atoms with Crippen LogP contribution in [0.25, 0.3) is 0 Å². The Morgan fingerprint density at radius 1 is 1.50 bits per heavy atom. The number of amides is 1. The van der Waals surface area contributed by atoms with Gasteiger partial charge in [0.2, 0.25) is 5.91 Å². The van der Waals surface area contributed by atoms with Crippen LogP contribution in [0.1, 0.15) is 24.0 Å². The monoisotopic (exact) mass is 189 g/mol. The van der Waals surface area contributed by atoms with E-state index in [9.17, 15) is 4.79 Å². The number of carbonyl (C=O) groups is 1. The molecule has 1 fully saturated rings. The first-order valence-electron chi connectivity index (χ1n) is 5.09. The highest BCUT2D eigenvalue weighted by atomic mass is 16.1. The minimum Gasteiger partial charge on any atom is -0.353 e. The average molecular weight is 189 g/mol. The van der Waals surface area contributed by atoms with Crippen LogP contribution in [0.3, 0.4) is 0 Å². The summed E-state index contributed by atoms with van der Waals surface area (Å²) in [5.74, 6) is 0.151. The highest BCUT2D eigenvalue weighted by molar-refractivity contribution is 5.79. The Balaban J connectivity index is 1.92. The Morgan fingerprint density at radius 3 is 2.93 bits per heavy atom. The minimum absolute atomic E-state index is 0.151. The second-order valence-electron chi connectivity index (χ2n) is 4.01. The molecule has 1 N–H and O–H groups in total. The Morgan fingerprint density at radius 2 is 2.29 bits per heavy atom. The van der Waals surface area contributed by atoms with Crippen LogP contribution in [0.15, 0.2) is 24.3 Å². The van der Waals surface area contributed by atoms with Crippen LogP contribution in [-0.4, -0.2) is 11.9 Å². The summed E-state index contributed by atoms with van der Waals surface area (Å²) in [6, 6.07) is 8.57. The fraction of sp³-hybridized carbons (Fsp3) is 0.417. The second kappa shape index (κ2) is 3.82. The van der Waals surface area contributed by atoms with E-state index >= 15 is 0 Å². The van der Waals surface area contributed by atoms with Gasteiger partial charge in [0, 0.05) is 6.04 Å². The summed E-state index contributed by atoms with van der Waals surface area (Å²) in [5.41, 5.74) is 2.31. The zero-order valence-corrected chi connectivity index (χ0v) is 8.42. The van der Waals surface area contributed by atoms with E-state index in [0.29, 0.717) is 12.5 Å². The van der Waals surface area contributed by atoms with Gasteiger partial charge in [0.25, 0.3) is 0 Å². The summed E-state index contributed by atoms with van der Waals surface area (Å²) in [5, 5.41) is 2.98. The molecule has 0 heterocycles. The van der Waals surface area contributed by atoms with E-state index in [-0.39, 0.29) is 5.91 Å². The summed E-state index contributed by atoms with van der Waals surface area (Å²) in [7, 11) is 0. The zero-order chi connectivity index (χ0) is 9.97. The summed E-state index contributed by atoms with van der Waals surface area (Å²) in [6.07, 6.45) is 2.82. The molecule has 1 aliphatic carbocycles. The first kappa shape index (κ1) is 9.25. The van der Waals surface area contributed by atoms with Crippen LogP contribution in [0.4, 0.5) is 0 Å². The van der Waals surface area contributed by atoms with Gasteiger partial charge in [0.1, 0.15) is 0 Å². The molecule has 0 radical (unpaired) electrons. The van der Waals surface area contributed by atoms with E-state index in [1.807, 2.05) is 25.1 Å². The molecule has 2 rings (SSSR count). The van der Waals surface area contributed by atoms with Crippen LogP contribution in [-0.2, 0) is 11.2 Å². The third-order valence-corrected chi connectivity index (χ3v) is 2.39. The van der Waals surface area contributed by atoms with Crippen molar-refractivity contribution in [1.29, 1.82) is 0 Å². The van der Waals surface area contributed by atoms with Crippen LogP contribution in [0.5, 0.6) is 0 Å². The minimum atomic E-state index is 0.151. The molecular weight excluding hydrogens is 174 g/mol. The highest BCUT2D eigenvalue weighted by Gasteiger charge is 2.22. The molecule has 2 nitrogen and oxygen atoms in total. The molecule has 1 amide bonds. The van der Waals surface area contributed by atoms with Gasteiger partial charge in [-0.2, -0.15) is 0 Å². The maximum absolute atomic E-state index is 11.5. The number of hydrogen-bond acceptors (Lipinski definition) is 1. The van der Waals surface area contributed by atoms with E-state index in [4.69, 9.17) is 0 Å². The van der Waals surface area contributed by atoms with Gasteiger partial charge in [0.15, 0.2) is 0 Å². The Bertz CT molecular complexity index is 342. The summed E-state index contributed by atoms with van der Waals surface area (Å²) < 4.78 is 0. The summed E-state index contributed by atoms with van der Waals surface area (Å²) in [6.45, 7) is 2.04. The topological polar surface area (TPSA) is 29.1 Å². The fourth-order valence-electron chi connectivity index (χ4n) is 1.51. The smallest absolute Gasteiger partial charge is 0.224 e. The van der Waals surface area contributed by atoms with Gasteiger partial charge in [-0.1, -0.05) is 29.8 Å². The van der Waals surface area contributed by atoms with Crippen molar-refractivity contribution in [3.05, 3.63) is 35.4 Å². The summed E-state index contributed by atoms with van der Waals surface area (Å²) >= 11 is 0. The number of hydrogen-bond donors (Lipinski definition) is 1. The maximum Gasteiger partial charge on any atom is 0.224 e. The molecule has 0 aromatic heterocycles. The van der Waals surface area contributed by atoms with Crippen molar-refractivity contribution in [3.8, 4) is 0 Å². The lowest BCUT2D eigenvalue weighted by atomic mass is 10.1. The van der Waals surface area contributed by atoms with Crippen LogP contribution in [0, 0.1) is 6.92 Å². The largest absolute Gasteiger partial charge is 0.353 e. The predicted octanol–water partition coefficient (Wildman–Crippen LogP) is 1.82. The van der Waals surface area contributed by atoms with Gasteiger partial charge in [0.05, 0.1) is 6.42 Å². The van der Waals surface area contributed by atoms with E-state index < -0.39 is 0 Å². The molecule has 74 valence electrons. The Kier molecular flexibility index (Phi) is 2.53. The van der Waals surface area contributed by atoms with Gasteiger partial charge >= 0.3 is 0 Å². The zero-order valence-electron chi connectivity index (χ0n) is 8.42. The highest BCUT2D eigenvalue weighted by Crippen LogP contribution is 2.18. The first-order valence-corrected chi connectivity index (χ1v) is 5.09. The van der Waals surface area contributed by atoms with Gasteiger partial charge in [-0.05, 0) is 25.3 Å². The average Bonchev–Trinajstić information content (AvgIpc) is 2.87. The molecule has 14 heavy (non-hydrogen) atoms. The number of aryl methyl sites for hydroxylation is 1. The molecule has 1 aromatic rings. The van der Waals surface area contributed by atoms with Crippen molar-refractivity contribution >= 4 is 5.91 Å². The summed E-state index contributed by atoms with van der Waals surface area (Å²) in [4.78, 5) is 11.5. The number of nitrogens with one attached hydrogen (secondary N) is 1. The van der Waals surface area contributed by atoms with Crippen molar-refractivity contribution in [2.45, 2.75) is 32.2 Å². The second-order valence-corrected chi connectivity index (χ2v) is 4.01. The number of benzene rings is 1. The van der Waals surface area contributed by atoms with Gasteiger partial charge in [-0.25, -0.2) is 0 Å². The molecule has 0 saturated heterocycles. The molecule has 1 aliphatic rings. The Labute approximate surface area is 84.3 Å². The van der Waals surface area contributed by atoms with E-state index in [1.165, 1.54) is 5.56 Å². The lowest BCUT2D eigenvalue weighted by molar-refractivity contribution is -0.120. The van der Waals surface area contributed by atoms with Crippen LogP contribution < -0.4 is 5.32 Å². The molecule has 0 unspecified atom stereocenters. The van der Waals surface area contributed by atoms with Crippen LogP contribution >= 0.6 is 0 Å². The van der Waals surface area contributed by atoms with Crippen molar-refractivity contribution in [2.75, 3.05) is 0 Å². The predicted molar refractivity (Wildman–Crippen MR) is 56.0 cm³/mol. The molecule has 0 spiro atoms. The number of carbonyl (C=O) groups excluding carboxylic acids is 1. The lowest BCUT2D eigenvalue weighted by Gasteiger charge is -2.03. The molecule has 2 heteroatoms. The molecule has 1 saturated carbocycles. The van der Waals surface area contributed by atoms with Gasteiger partial charge in [-0.3, -0.25) is 4.79 Å². The SMILES string of the molecule is Cc1cccc(CC(=O)NC2CC2)c1. The lowest BCUT2D eigenvalue weighted by Crippen LogP contribution is -2.26. The maximum atomic E-state index is 11.5. The number of rotatable bonds is 3. The normalized spacial score (nSPS) is 15.2. The Hall–Kier alpha value is -1.31. The molecule has 1 aromatic carbocycles. The molecule has 0 bridgehead atoms. The molecule has 0 aliphatic heterocycles. The van der Waals surface area contributed by atoms with Gasteiger partial charge < -0.3 is 5.32 Å². The quantitative estimate of drug-likeness (QED) is 0.772. The first-order chi connectivity index (χ1) is 6.74. The van der Waals surface area contributed by atoms with Crippen LogP contribution in [0.2, 0.25) is 0 Å². The third-order valence-electron chi connectivity index (χ3n) is 2.39. The van der Waals surface area contributed by atoms with Crippen molar-refractivity contribution in [1.82, 2.24) is 5.32 Å². The van der Waals surface area contributed by atoms with E-state index in [2.05, 4.69) is 11.4 Å². The van der Waals surface area contributed by atoms with Gasteiger partial charge in [-0.15, -0.1) is 0 Å². The van der Waals surface area contributed by atoms with Crippen molar-refractivity contribution in [3.63, 3.8) is 0 Å².